The quantitative estimate of drug-likeness (QED) is 0.903. The van der Waals surface area contributed by atoms with Crippen LogP contribution in [0.5, 0.6) is 0 Å². The van der Waals surface area contributed by atoms with Crippen molar-refractivity contribution < 1.29 is 9.47 Å². The first-order valence-corrected chi connectivity index (χ1v) is 7.44. The number of hydrogen-bond donors (Lipinski definition) is 1. The second-order valence-corrected chi connectivity index (χ2v) is 6.31. The Hall–Kier alpha value is -1.04. The number of anilines is 1. The van der Waals surface area contributed by atoms with Crippen LogP contribution < -0.4 is 5.32 Å². The highest BCUT2D eigenvalue weighted by molar-refractivity contribution is 8.14. The second-order valence-electron chi connectivity index (χ2n) is 5.34. The topological polar surface area (TPSA) is 42.8 Å². The zero-order valence-corrected chi connectivity index (χ0v) is 12.0. The van der Waals surface area contributed by atoms with Gasteiger partial charge < -0.3 is 14.8 Å². The van der Waals surface area contributed by atoms with Crippen LogP contribution in [-0.2, 0) is 9.47 Å². The zero-order chi connectivity index (χ0) is 13.3. The Kier molecular flexibility index (Phi) is 3.52. The summed E-state index contributed by atoms with van der Waals surface area (Å²) in [5.41, 5.74) is 2.10. The van der Waals surface area contributed by atoms with Crippen molar-refractivity contribution in [3.05, 3.63) is 29.8 Å². The Balaban J connectivity index is 1.73. The fourth-order valence-electron chi connectivity index (χ4n) is 2.09. The van der Waals surface area contributed by atoms with Gasteiger partial charge in [-0.05, 0) is 26.0 Å². The lowest BCUT2D eigenvalue weighted by Gasteiger charge is -2.12. The monoisotopic (exact) mass is 278 g/mol. The van der Waals surface area contributed by atoms with Crippen molar-refractivity contribution in [1.29, 1.82) is 0 Å². The van der Waals surface area contributed by atoms with E-state index in [9.17, 15) is 0 Å². The second kappa shape index (κ2) is 5.15. The van der Waals surface area contributed by atoms with Crippen LogP contribution in [0, 0.1) is 0 Å². The van der Waals surface area contributed by atoms with Crippen LogP contribution in [0.3, 0.4) is 0 Å². The average Bonchev–Trinajstić information content (AvgIpc) is 2.99. The molecule has 1 N–H and O–H groups in total. The normalized spacial score (nSPS) is 22.5. The molecule has 19 heavy (non-hydrogen) atoms. The van der Waals surface area contributed by atoms with E-state index in [-0.39, 0.29) is 11.8 Å². The summed E-state index contributed by atoms with van der Waals surface area (Å²) in [5, 5.41) is 4.34. The van der Waals surface area contributed by atoms with E-state index in [1.807, 2.05) is 18.2 Å². The van der Waals surface area contributed by atoms with Crippen LogP contribution in [0.4, 0.5) is 5.69 Å². The Bertz CT molecular complexity index is 496. The SMILES string of the molecule is CC1(C)CSC(Nc2cccc(C3OCCO3)c2)=N1. The lowest BCUT2D eigenvalue weighted by molar-refractivity contribution is -0.0440. The van der Waals surface area contributed by atoms with E-state index in [4.69, 9.17) is 9.47 Å². The first kappa shape index (κ1) is 13.0. The molecule has 0 aliphatic carbocycles. The van der Waals surface area contributed by atoms with E-state index in [2.05, 4.69) is 30.2 Å². The number of hydrogen-bond acceptors (Lipinski definition) is 5. The number of benzene rings is 1. The molecular formula is C14H18N2O2S. The summed E-state index contributed by atoms with van der Waals surface area (Å²) < 4.78 is 11.0. The van der Waals surface area contributed by atoms with E-state index in [1.54, 1.807) is 11.8 Å². The highest BCUT2D eigenvalue weighted by Gasteiger charge is 2.25. The molecule has 0 aromatic heterocycles. The Labute approximate surface area is 117 Å². The number of rotatable bonds is 2. The minimum absolute atomic E-state index is 0.0300. The fraction of sp³-hybridized carbons (Fsp3) is 0.500. The van der Waals surface area contributed by atoms with Gasteiger partial charge in [-0.25, -0.2) is 0 Å². The summed E-state index contributed by atoms with van der Waals surface area (Å²) in [7, 11) is 0. The number of thioether (sulfide) groups is 1. The summed E-state index contributed by atoms with van der Waals surface area (Å²) in [6.45, 7) is 5.62. The first-order chi connectivity index (χ1) is 9.12. The molecule has 2 aliphatic rings. The minimum Gasteiger partial charge on any atom is -0.346 e. The third kappa shape index (κ3) is 3.11. The van der Waals surface area contributed by atoms with Crippen molar-refractivity contribution >= 4 is 22.6 Å². The van der Waals surface area contributed by atoms with E-state index in [0.29, 0.717) is 13.2 Å². The van der Waals surface area contributed by atoms with Crippen molar-refractivity contribution in [1.82, 2.24) is 0 Å². The highest BCUT2D eigenvalue weighted by Crippen LogP contribution is 2.29. The number of nitrogens with one attached hydrogen (secondary N) is 1. The zero-order valence-electron chi connectivity index (χ0n) is 11.2. The molecule has 2 heterocycles. The molecule has 1 aromatic carbocycles. The van der Waals surface area contributed by atoms with Gasteiger partial charge in [-0.2, -0.15) is 0 Å². The lowest BCUT2D eigenvalue weighted by Crippen LogP contribution is -2.15. The summed E-state index contributed by atoms with van der Waals surface area (Å²) in [6, 6.07) is 8.12. The van der Waals surface area contributed by atoms with E-state index in [1.165, 1.54) is 0 Å². The van der Waals surface area contributed by atoms with Gasteiger partial charge in [0.15, 0.2) is 11.5 Å². The van der Waals surface area contributed by atoms with Crippen LogP contribution in [0.15, 0.2) is 29.3 Å². The van der Waals surface area contributed by atoms with Crippen LogP contribution in [0.25, 0.3) is 0 Å². The van der Waals surface area contributed by atoms with Gasteiger partial charge in [0.05, 0.1) is 18.8 Å². The highest BCUT2D eigenvalue weighted by atomic mass is 32.2. The Morgan fingerprint density at radius 3 is 2.79 bits per heavy atom. The van der Waals surface area contributed by atoms with Crippen LogP contribution in [0.2, 0.25) is 0 Å². The van der Waals surface area contributed by atoms with Gasteiger partial charge in [-0.3, -0.25) is 4.99 Å². The average molecular weight is 278 g/mol. The molecule has 5 heteroatoms. The van der Waals surface area contributed by atoms with Crippen molar-refractivity contribution in [3.63, 3.8) is 0 Å². The molecule has 0 bridgehead atoms. The van der Waals surface area contributed by atoms with Gasteiger partial charge in [-0.15, -0.1) is 0 Å². The molecule has 102 valence electrons. The number of nitrogens with zero attached hydrogens (tertiary/aromatic N) is 1. The van der Waals surface area contributed by atoms with E-state index in [0.717, 1.165) is 22.2 Å². The smallest absolute Gasteiger partial charge is 0.184 e. The fourth-order valence-corrected chi connectivity index (χ4v) is 3.14. The molecule has 1 saturated heterocycles. The van der Waals surface area contributed by atoms with Gasteiger partial charge in [0.2, 0.25) is 0 Å². The molecule has 0 radical (unpaired) electrons. The molecule has 0 amide bonds. The maximum Gasteiger partial charge on any atom is 0.184 e. The third-order valence-electron chi connectivity index (χ3n) is 3.00. The van der Waals surface area contributed by atoms with E-state index < -0.39 is 0 Å². The molecule has 3 rings (SSSR count). The van der Waals surface area contributed by atoms with E-state index >= 15 is 0 Å². The van der Waals surface area contributed by atoms with Crippen LogP contribution >= 0.6 is 11.8 Å². The molecule has 2 aliphatic heterocycles. The molecule has 0 atom stereocenters. The van der Waals surface area contributed by atoms with Gasteiger partial charge in [0.25, 0.3) is 0 Å². The Morgan fingerprint density at radius 2 is 2.11 bits per heavy atom. The number of ether oxygens (including phenoxy) is 2. The Morgan fingerprint density at radius 1 is 1.32 bits per heavy atom. The van der Waals surface area contributed by atoms with Crippen molar-refractivity contribution in [2.75, 3.05) is 24.3 Å². The van der Waals surface area contributed by atoms with Gasteiger partial charge in [0.1, 0.15) is 0 Å². The summed E-state index contributed by atoms with van der Waals surface area (Å²) in [6.07, 6.45) is -0.226. The molecular weight excluding hydrogens is 260 g/mol. The molecule has 0 spiro atoms. The molecule has 0 unspecified atom stereocenters. The molecule has 1 aromatic rings. The predicted octanol–water partition coefficient (Wildman–Crippen LogP) is 3.03. The van der Waals surface area contributed by atoms with Crippen molar-refractivity contribution in [3.8, 4) is 0 Å². The van der Waals surface area contributed by atoms with Crippen molar-refractivity contribution in [2.24, 2.45) is 4.99 Å². The number of aliphatic imine (C=N–C) groups is 1. The predicted molar refractivity (Wildman–Crippen MR) is 78.7 cm³/mol. The largest absolute Gasteiger partial charge is 0.346 e. The molecule has 0 saturated carbocycles. The first-order valence-electron chi connectivity index (χ1n) is 6.45. The summed E-state index contributed by atoms with van der Waals surface area (Å²) >= 11 is 1.76. The van der Waals surface area contributed by atoms with Crippen LogP contribution in [0.1, 0.15) is 25.7 Å². The molecule has 1 fully saturated rings. The standard InChI is InChI=1S/C14H18N2O2S/c1-14(2)9-19-13(16-14)15-11-5-3-4-10(8-11)12-17-6-7-18-12/h3-5,8,12H,6-7,9H2,1-2H3,(H,15,16). The van der Waals surface area contributed by atoms with Crippen LogP contribution in [-0.4, -0.2) is 29.7 Å². The lowest BCUT2D eigenvalue weighted by atomic mass is 10.1. The van der Waals surface area contributed by atoms with Gasteiger partial charge in [0, 0.05) is 17.0 Å². The molecule has 4 nitrogen and oxygen atoms in total. The third-order valence-corrected chi connectivity index (χ3v) is 4.32. The van der Waals surface area contributed by atoms with Gasteiger partial charge >= 0.3 is 0 Å². The summed E-state index contributed by atoms with van der Waals surface area (Å²) in [4.78, 5) is 4.65. The maximum absolute atomic E-state index is 5.51. The maximum atomic E-state index is 5.51. The number of amidine groups is 1. The van der Waals surface area contributed by atoms with Crippen molar-refractivity contribution in [2.45, 2.75) is 25.7 Å². The summed E-state index contributed by atoms with van der Waals surface area (Å²) in [5.74, 6) is 1.02. The van der Waals surface area contributed by atoms with Gasteiger partial charge in [-0.1, -0.05) is 23.9 Å². The minimum atomic E-state index is -0.226.